The SMILES string of the molecule is C=CC(=O)N1CCCC(NC(=O)c2ccc3cc4n(c3c2)C2(CCC2)CNC4=O)C1. The van der Waals surface area contributed by atoms with Crippen molar-refractivity contribution in [3.8, 4) is 0 Å². The van der Waals surface area contributed by atoms with E-state index >= 15 is 0 Å². The van der Waals surface area contributed by atoms with Crippen LogP contribution in [0.1, 0.15) is 53.0 Å². The molecule has 0 bridgehead atoms. The number of likely N-dealkylation sites (tertiary alicyclic amines) is 1. The standard InChI is InChI=1S/C23H26N4O3/c1-2-20(28)26-10-3-5-17(13-26)25-21(29)16-7-6-15-11-19-22(30)24-14-23(8-4-9-23)27(19)18(15)12-16/h2,6-7,11-12,17H,1,3-5,8-10,13-14H2,(H,24,30)(H,25,29). The minimum Gasteiger partial charge on any atom is -0.348 e. The number of carbonyl (C=O) groups is 3. The molecule has 5 rings (SSSR count). The fourth-order valence-electron chi connectivity index (χ4n) is 5.11. The lowest BCUT2D eigenvalue weighted by atomic mass is 9.75. The number of rotatable bonds is 3. The lowest BCUT2D eigenvalue weighted by Crippen LogP contribution is -2.55. The molecule has 1 saturated heterocycles. The van der Waals surface area contributed by atoms with Gasteiger partial charge in [-0.3, -0.25) is 14.4 Å². The van der Waals surface area contributed by atoms with Gasteiger partial charge in [-0.15, -0.1) is 0 Å². The third-order valence-electron chi connectivity index (χ3n) is 6.88. The molecule has 2 fully saturated rings. The van der Waals surface area contributed by atoms with Gasteiger partial charge in [-0.1, -0.05) is 12.6 Å². The van der Waals surface area contributed by atoms with E-state index in [1.54, 1.807) is 4.90 Å². The lowest BCUT2D eigenvalue weighted by Gasteiger charge is -2.47. The second-order valence-corrected chi connectivity index (χ2v) is 8.70. The molecule has 2 N–H and O–H groups in total. The van der Waals surface area contributed by atoms with Crippen LogP contribution in [-0.4, -0.2) is 52.9 Å². The second-order valence-electron chi connectivity index (χ2n) is 8.70. The Bertz CT molecular complexity index is 1070. The van der Waals surface area contributed by atoms with Gasteiger partial charge in [0.15, 0.2) is 0 Å². The molecule has 7 heteroatoms. The van der Waals surface area contributed by atoms with Crippen LogP contribution in [0.2, 0.25) is 0 Å². The molecule has 156 valence electrons. The first-order valence-electron chi connectivity index (χ1n) is 10.7. The van der Waals surface area contributed by atoms with E-state index in [0.717, 1.165) is 43.0 Å². The molecule has 7 nitrogen and oxygen atoms in total. The smallest absolute Gasteiger partial charge is 0.268 e. The van der Waals surface area contributed by atoms with Crippen molar-refractivity contribution in [1.82, 2.24) is 20.1 Å². The Morgan fingerprint density at radius 1 is 1.23 bits per heavy atom. The Morgan fingerprint density at radius 3 is 2.80 bits per heavy atom. The number of nitrogens with zero attached hydrogens (tertiary/aromatic N) is 2. The maximum Gasteiger partial charge on any atom is 0.268 e. The molecule has 1 aromatic heterocycles. The van der Waals surface area contributed by atoms with Crippen LogP contribution in [0.25, 0.3) is 10.9 Å². The Hall–Kier alpha value is -3.09. The second kappa shape index (κ2) is 7.00. The third kappa shape index (κ3) is 2.91. The van der Waals surface area contributed by atoms with Crippen molar-refractivity contribution in [1.29, 1.82) is 0 Å². The molecule has 3 aliphatic rings. The van der Waals surface area contributed by atoms with Gasteiger partial charge in [-0.25, -0.2) is 0 Å². The lowest BCUT2D eigenvalue weighted by molar-refractivity contribution is -0.127. The van der Waals surface area contributed by atoms with Gasteiger partial charge in [-0.05, 0) is 56.4 Å². The highest BCUT2D eigenvalue weighted by Gasteiger charge is 2.44. The van der Waals surface area contributed by atoms with Crippen LogP contribution in [0.4, 0.5) is 0 Å². The van der Waals surface area contributed by atoms with E-state index in [2.05, 4.69) is 21.8 Å². The predicted octanol–water partition coefficient (Wildman–Crippen LogP) is 2.17. The number of nitrogens with one attached hydrogen (secondary N) is 2. The quantitative estimate of drug-likeness (QED) is 0.767. The van der Waals surface area contributed by atoms with Crippen LogP contribution in [0.5, 0.6) is 0 Å². The van der Waals surface area contributed by atoms with Crippen LogP contribution in [0.3, 0.4) is 0 Å². The summed E-state index contributed by atoms with van der Waals surface area (Å²) in [5.41, 5.74) is 2.14. The Morgan fingerprint density at radius 2 is 2.07 bits per heavy atom. The summed E-state index contributed by atoms with van der Waals surface area (Å²) in [6, 6.07) is 7.48. The van der Waals surface area contributed by atoms with Crippen molar-refractivity contribution in [2.45, 2.75) is 43.7 Å². The van der Waals surface area contributed by atoms with Crippen LogP contribution < -0.4 is 10.6 Å². The molecule has 1 saturated carbocycles. The van der Waals surface area contributed by atoms with Crippen molar-refractivity contribution in [2.24, 2.45) is 0 Å². The summed E-state index contributed by atoms with van der Waals surface area (Å²) in [7, 11) is 0. The molecular weight excluding hydrogens is 380 g/mol. The van der Waals surface area contributed by atoms with Gasteiger partial charge in [0.25, 0.3) is 11.8 Å². The minimum atomic E-state index is -0.145. The third-order valence-corrected chi connectivity index (χ3v) is 6.88. The molecule has 3 amide bonds. The summed E-state index contributed by atoms with van der Waals surface area (Å²) in [6.07, 6.45) is 6.24. The van der Waals surface area contributed by atoms with E-state index in [1.165, 1.54) is 6.08 Å². The highest BCUT2D eigenvalue weighted by atomic mass is 16.2. The van der Waals surface area contributed by atoms with Gasteiger partial charge in [-0.2, -0.15) is 0 Å². The number of aromatic nitrogens is 1. The fraction of sp³-hybridized carbons (Fsp3) is 0.435. The predicted molar refractivity (Wildman–Crippen MR) is 113 cm³/mol. The van der Waals surface area contributed by atoms with Gasteiger partial charge < -0.3 is 20.1 Å². The van der Waals surface area contributed by atoms with E-state index in [4.69, 9.17) is 0 Å². The van der Waals surface area contributed by atoms with Crippen LogP contribution in [-0.2, 0) is 10.3 Å². The molecule has 2 aromatic rings. The average Bonchev–Trinajstić information content (AvgIpc) is 3.12. The zero-order chi connectivity index (χ0) is 20.9. The number of hydrogen-bond donors (Lipinski definition) is 2. The molecular formula is C23H26N4O3. The van der Waals surface area contributed by atoms with E-state index in [1.807, 2.05) is 24.3 Å². The highest BCUT2D eigenvalue weighted by molar-refractivity contribution is 6.03. The van der Waals surface area contributed by atoms with Crippen LogP contribution >= 0.6 is 0 Å². The number of amides is 3. The molecule has 1 atom stereocenters. The van der Waals surface area contributed by atoms with E-state index in [-0.39, 0.29) is 29.3 Å². The maximum absolute atomic E-state index is 13.0. The van der Waals surface area contributed by atoms with Crippen molar-refractivity contribution < 1.29 is 14.4 Å². The molecule has 1 spiro atoms. The Balaban J connectivity index is 1.42. The number of piperidine rings is 1. The highest BCUT2D eigenvalue weighted by Crippen LogP contribution is 2.44. The average molecular weight is 406 g/mol. The minimum absolute atomic E-state index is 0.0519. The molecule has 30 heavy (non-hydrogen) atoms. The fourth-order valence-corrected chi connectivity index (χ4v) is 5.11. The summed E-state index contributed by atoms with van der Waals surface area (Å²) >= 11 is 0. The van der Waals surface area contributed by atoms with E-state index in [9.17, 15) is 14.4 Å². The largest absolute Gasteiger partial charge is 0.348 e. The van der Waals surface area contributed by atoms with Crippen molar-refractivity contribution in [3.63, 3.8) is 0 Å². The monoisotopic (exact) mass is 406 g/mol. The molecule has 1 aromatic carbocycles. The normalized spacial score (nSPS) is 22.2. The molecule has 0 radical (unpaired) electrons. The summed E-state index contributed by atoms with van der Waals surface area (Å²) in [5, 5.41) is 7.08. The Labute approximate surface area is 175 Å². The van der Waals surface area contributed by atoms with Crippen molar-refractivity contribution >= 4 is 28.6 Å². The van der Waals surface area contributed by atoms with Gasteiger partial charge in [0, 0.05) is 36.6 Å². The zero-order valence-corrected chi connectivity index (χ0v) is 16.9. The summed E-state index contributed by atoms with van der Waals surface area (Å²) in [4.78, 5) is 39.0. The summed E-state index contributed by atoms with van der Waals surface area (Å²) in [5.74, 6) is -0.295. The molecule has 3 heterocycles. The first-order valence-corrected chi connectivity index (χ1v) is 10.7. The number of benzene rings is 1. The molecule has 1 unspecified atom stereocenters. The molecule has 2 aliphatic heterocycles. The van der Waals surface area contributed by atoms with Gasteiger partial charge >= 0.3 is 0 Å². The molecule has 1 aliphatic carbocycles. The van der Waals surface area contributed by atoms with Crippen molar-refractivity contribution in [3.05, 3.63) is 48.2 Å². The van der Waals surface area contributed by atoms with E-state index in [0.29, 0.717) is 30.9 Å². The first-order chi connectivity index (χ1) is 14.5. The number of fused-ring (bicyclic) bond motifs is 4. The number of carbonyl (C=O) groups excluding carboxylic acids is 3. The van der Waals surface area contributed by atoms with Crippen molar-refractivity contribution in [2.75, 3.05) is 19.6 Å². The van der Waals surface area contributed by atoms with Gasteiger partial charge in [0.2, 0.25) is 5.91 Å². The van der Waals surface area contributed by atoms with Gasteiger partial charge in [0.05, 0.1) is 11.1 Å². The van der Waals surface area contributed by atoms with Gasteiger partial charge in [0.1, 0.15) is 5.69 Å². The van der Waals surface area contributed by atoms with Crippen LogP contribution in [0, 0.1) is 0 Å². The summed E-state index contributed by atoms with van der Waals surface area (Å²) in [6.45, 7) is 5.40. The zero-order valence-electron chi connectivity index (χ0n) is 16.9. The maximum atomic E-state index is 13.0. The van der Waals surface area contributed by atoms with E-state index < -0.39 is 0 Å². The summed E-state index contributed by atoms with van der Waals surface area (Å²) < 4.78 is 2.16. The topological polar surface area (TPSA) is 83.4 Å². The first kappa shape index (κ1) is 18.9. The Kier molecular flexibility index (Phi) is 4.41. The van der Waals surface area contributed by atoms with Crippen LogP contribution in [0.15, 0.2) is 36.9 Å². The number of hydrogen-bond acceptors (Lipinski definition) is 3.